The van der Waals surface area contributed by atoms with E-state index in [0.29, 0.717) is 31.7 Å². The summed E-state index contributed by atoms with van der Waals surface area (Å²) in [7, 11) is 0. The Labute approximate surface area is 117 Å². The molecule has 0 fully saturated rings. The van der Waals surface area contributed by atoms with E-state index in [0.717, 1.165) is 16.7 Å². The number of benzene rings is 1. The Hall–Kier alpha value is -2.37. The van der Waals surface area contributed by atoms with E-state index in [1.54, 1.807) is 13.0 Å². The molecule has 0 aliphatic carbocycles. The number of nitrogens with one attached hydrogen (secondary N) is 1. The van der Waals surface area contributed by atoms with E-state index in [2.05, 4.69) is 15.3 Å². The van der Waals surface area contributed by atoms with E-state index in [-0.39, 0.29) is 5.97 Å². The van der Waals surface area contributed by atoms with E-state index in [1.807, 2.05) is 12.1 Å². The van der Waals surface area contributed by atoms with E-state index >= 15 is 0 Å². The number of hydrogen-bond acceptors (Lipinski definition) is 6. The van der Waals surface area contributed by atoms with Crippen molar-refractivity contribution in [2.24, 2.45) is 0 Å². The highest BCUT2D eigenvalue weighted by atomic mass is 16.5. The van der Waals surface area contributed by atoms with Crippen LogP contribution in [0, 0.1) is 0 Å². The Kier molecular flexibility index (Phi) is 4.70. The first-order valence-corrected chi connectivity index (χ1v) is 6.60. The van der Waals surface area contributed by atoms with Crippen molar-refractivity contribution in [1.82, 2.24) is 9.97 Å². The molecule has 3 N–H and O–H groups in total. The van der Waals surface area contributed by atoms with E-state index in [4.69, 9.17) is 10.5 Å². The highest BCUT2D eigenvalue weighted by molar-refractivity contribution is 5.90. The van der Waals surface area contributed by atoms with Crippen LogP contribution in [0.15, 0.2) is 24.5 Å². The van der Waals surface area contributed by atoms with Crippen LogP contribution in [-0.2, 0) is 9.53 Å². The van der Waals surface area contributed by atoms with Gasteiger partial charge >= 0.3 is 5.97 Å². The second-order valence-corrected chi connectivity index (χ2v) is 4.33. The summed E-state index contributed by atoms with van der Waals surface area (Å²) in [5.74, 6) is 0.577. The minimum absolute atomic E-state index is 0.172. The molecule has 0 bridgehead atoms. The molecule has 0 aliphatic rings. The van der Waals surface area contributed by atoms with Crippen molar-refractivity contribution in [2.45, 2.75) is 19.8 Å². The van der Waals surface area contributed by atoms with Gasteiger partial charge in [0, 0.05) is 24.0 Å². The van der Waals surface area contributed by atoms with Crippen LogP contribution in [0.1, 0.15) is 19.8 Å². The predicted molar refractivity (Wildman–Crippen MR) is 78.3 cm³/mol. The fourth-order valence-electron chi connectivity index (χ4n) is 1.89. The van der Waals surface area contributed by atoms with Crippen LogP contribution in [-0.4, -0.2) is 29.1 Å². The molecule has 2 aromatic rings. The minimum Gasteiger partial charge on any atom is -0.466 e. The highest BCUT2D eigenvalue weighted by Gasteiger charge is 2.04. The fraction of sp³-hybridized carbons (Fsp3) is 0.357. The van der Waals surface area contributed by atoms with Crippen LogP contribution in [0.5, 0.6) is 0 Å². The third-order valence-corrected chi connectivity index (χ3v) is 2.82. The summed E-state index contributed by atoms with van der Waals surface area (Å²) in [6.07, 6.45) is 2.59. The molecule has 0 unspecified atom stereocenters. The Balaban J connectivity index is 1.95. The van der Waals surface area contributed by atoms with Gasteiger partial charge in [-0.25, -0.2) is 9.97 Å². The van der Waals surface area contributed by atoms with Crippen molar-refractivity contribution < 1.29 is 9.53 Å². The van der Waals surface area contributed by atoms with Gasteiger partial charge in [-0.15, -0.1) is 0 Å². The largest absolute Gasteiger partial charge is 0.466 e. The zero-order valence-electron chi connectivity index (χ0n) is 11.4. The van der Waals surface area contributed by atoms with Crippen molar-refractivity contribution in [3.05, 3.63) is 24.5 Å². The lowest BCUT2D eigenvalue weighted by molar-refractivity contribution is -0.143. The predicted octanol–water partition coefficient (Wildman–Crippen LogP) is 1.97. The van der Waals surface area contributed by atoms with Gasteiger partial charge in [-0.1, -0.05) is 0 Å². The van der Waals surface area contributed by atoms with Crippen molar-refractivity contribution in [3.63, 3.8) is 0 Å². The van der Waals surface area contributed by atoms with Crippen LogP contribution in [0.3, 0.4) is 0 Å². The molecule has 0 saturated carbocycles. The average Bonchev–Trinajstić information content (AvgIpc) is 2.43. The molecule has 1 aromatic carbocycles. The number of fused-ring (bicyclic) bond motifs is 1. The lowest BCUT2D eigenvalue weighted by atomic mass is 10.2. The van der Waals surface area contributed by atoms with Gasteiger partial charge in [0.2, 0.25) is 0 Å². The highest BCUT2D eigenvalue weighted by Crippen LogP contribution is 2.21. The van der Waals surface area contributed by atoms with Crippen LogP contribution >= 0.6 is 0 Å². The average molecular weight is 274 g/mol. The Bertz CT molecular complexity index is 601. The number of aromatic nitrogens is 2. The molecule has 20 heavy (non-hydrogen) atoms. The number of nitrogens with two attached hydrogens (primary N) is 1. The van der Waals surface area contributed by atoms with Crippen molar-refractivity contribution >= 4 is 28.4 Å². The molecule has 0 atom stereocenters. The number of carbonyl (C=O) groups is 1. The van der Waals surface area contributed by atoms with Crippen LogP contribution in [0.25, 0.3) is 10.9 Å². The van der Waals surface area contributed by atoms with E-state index in [1.165, 1.54) is 6.33 Å². The van der Waals surface area contributed by atoms with Crippen LogP contribution in [0.2, 0.25) is 0 Å². The molecule has 1 aromatic heterocycles. The topological polar surface area (TPSA) is 90.1 Å². The van der Waals surface area contributed by atoms with Crippen LogP contribution < -0.4 is 11.1 Å². The molecule has 106 valence electrons. The fourth-order valence-corrected chi connectivity index (χ4v) is 1.89. The van der Waals surface area contributed by atoms with Gasteiger partial charge < -0.3 is 15.8 Å². The zero-order chi connectivity index (χ0) is 14.4. The van der Waals surface area contributed by atoms with Crippen molar-refractivity contribution in [2.75, 3.05) is 24.2 Å². The summed E-state index contributed by atoms with van der Waals surface area (Å²) in [5, 5.41) is 4.12. The smallest absolute Gasteiger partial charge is 0.305 e. The SMILES string of the molecule is CCOC(=O)CCCNc1ncnc2cc(N)ccc12. The number of anilines is 2. The number of rotatable bonds is 6. The monoisotopic (exact) mass is 274 g/mol. The second kappa shape index (κ2) is 6.70. The second-order valence-electron chi connectivity index (χ2n) is 4.33. The molecule has 2 rings (SSSR count). The first-order chi connectivity index (χ1) is 9.70. The van der Waals surface area contributed by atoms with Gasteiger partial charge in [0.1, 0.15) is 12.1 Å². The maximum absolute atomic E-state index is 11.2. The molecule has 0 amide bonds. The Morgan fingerprint density at radius 1 is 1.40 bits per heavy atom. The van der Waals surface area contributed by atoms with E-state index in [9.17, 15) is 4.79 Å². The number of carbonyl (C=O) groups excluding carboxylic acids is 1. The lowest BCUT2D eigenvalue weighted by Crippen LogP contribution is -2.09. The number of nitrogen functional groups attached to an aromatic ring is 1. The zero-order valence-corrected chi connectivity index (χ0v) is 11.4. The maximum atomic E-state index is 11.2. The molecule has 6 nitrogen and oxygen atoms in total. The van der Waals surface area contributed by atoms with Gasteiger partial charge in [0.05, 0.1) is 12.1 Å². The molecule has 0 saturated heterocycles. The Morgan fingerprint density at radius 3 is 3.05 bits per heavy atom. The van der Waals surface area contributed by atoms with Crippen molar-refractivity contribution in [3.8, 4) is 0 Å². The van der Waals surface area contributed by atoms with Gasteiger partial charge in [-0.05, 0) is 31.5 Å². The summed E-state index contributed by atoms with van der Waals surface area (Å²) in [4.78, 5) is 19.6. The molecule has 1 heterocycles. The number of esters is 1. The van der Waals surface area contributed by atoms with Gasteiger partial charge in [0.15, 0.2) is 0 Å². The Morgan fingerprint density at radius 2 is 2.25 bits per heavy atom. The van der Waals surface area contributed by atoms with Crippen LogP contribution in [0.4, 0.5) is 11.5 Å². The first-order valence-electron chi connectivity index (χ1n) is 6.60. The van der Waals surface area contributed by atoms with Gasteiger partial charge in [-0.2, -0.15) is 0 Å². The molecular weight excluding hydrogens is 256 g/mol. The van der Waals surface area contributed by atoms with Gasteiger partial charge in [0.25, 0.3) is 0 Å². The third kappa shape index (κ3) is 3.57. The standard InChI is InChI=1S/C14H18N4O2/c1-2-20-13(19)4-3-7-16-14-11-6-5-10(15)8-12(11)17-9-18-14/h5-6,8-9H,2-4,7,15H2,1H3,(H,16,17,18). The number of nitrogens with zero attached hydrogens (tertiary/aromatic N) is 2. The van der Waals surface area contributed by atoms with Crippen molar-refractivity contribution in [1.29, 1.82) is 0 Å². The summed E-state index contributed by atoms with van der Waals surface area (Å²) in [6, 6.07) is 5.51. The minimum atomic E-state index is -0.172. The number of hydrogen-bond donors (Lipinski definition) is 2. The van der Waals surface area contributed by atoms with Gasteiger partial charge in [-0.3, -0.25) is 4.79 Å². The lowest BCUT2D eigenvalue weighted by Gasteiger charge is -2.08. The molecule has 6 heteroatoms. The molecule has 0 aliphatic heterocycles. The third-order valence-electron chi connectivity index (χ3n) is 2.82. The molecule has 0 spiro atoms. The maximum Gasteiger partial charge on any atom is 0.305 e. The summed E-state index contributed by atoms with van der Waals surface area (Å²) >= 11 is 0. The van der Waals surface area contributed by atoms with E-state index < -0.39 is 0 Å². The first kappa shape index (κ1) is 14.0. The molecule has 0 radical (unpaired) electrons. The quantitative estimate of drug-likeness (QED) is 0.475. The molecular formula is C14H18N4O2. The number of ether oxygens (including phenoxy) is 1. The summed E-state index contributed by atoms with van der Waals surface area (Å²) in [6.45, 7) is 2.87. The summed E-state index contributed by atoms with van der Waals surface area (Å²) < 4.78 is 4.87. The summed E-state index contributed by atoms with van der Waals surface area (Å²) in [5.41, 5.74) is 7.19. The normalized spacial score (nSPS) is 10.4.